The number of carbonyl (C=O) groups excluding carboxylic acids is 2. The largest absolute Gasteiger partial charge is 0.354 e. The Morgan fingerprint density at radius 2 is 1.71 bits per heavy atom. The molecule has 0 fully saturated rings. The molecule has 2 rings (SSSR count). The summed E-state index contributed by atoms with van der Waals surface area (Å²) in [6.07, 6.45) is 3.19. The van der Waals surface area contributed by atoms with Gasteiger partial charge in [-0.15, -0.1) is 0 Å². The fourth-order valence-electron chi connectivity index (χ4n) is 3.65. The lowest BCUT2D eigenvalue weighted by Gasteiger charge is -2.33. The quantitative estimate of drug-likeness (QED) is 0.437. The molecule has 1 unspecified atom stereocenters. The van der Waals surface area contributed by atoms with Crippen molar-refractivity contribution in [1.82, 2.24) is 10.2 Å². The van der Waals surface area contributed by atoms with Crippen molar-refractivity contribution >= 4 is 39.1 Å². The van der Waals surface area contributed by atoms with Crippen LogP contribution in [0.3, 0.4) is 0 Å². The van der Waals surface area contributed by atoms with E-state index in [1.807, 2.05) is 45.0 Å². The molecule has 34 heavy (non-hydrogen) atoms. The molecular weight excluding hydrogens is 474 g/mol. The Labute approximate surface area is 208 Å². The Morgan fingerprint density at radius 1 is 1.06 bits per heavy atom. The molecule has 0 aliphatic heterocycles. The van der Waals surface area contributed by atoms with Crippen molar-refractivity contribution in [2.75, 3.05) is 23.7 Å². The lowest BCUT2D eigenvalue weighted by molar-refractivity contribution is -0.140. The fourth-order valence-corrected chi connectivity index (χ4v) is 4.79. The molecule has 9 heteroatoms. The summed E-state index contributed by atoms with van der Waals surface area (Å²) >= 11 is 6.25. The molecule has 0 aliphatic carbocycles. The van der Waals surface area contributed by atoms with Crippen LogP contribution in [0.25, 0.3) is 0 Å². The topological polar surface area (TPSA) is 86.8 Å². The van der Waals surface area contributed by atoms with Gasteiger partial charge in [-0.1, -0.05) is 68.3 Å². The Balaban J connectivity index is 2.43. The zero-order valence-corrected chi connectivity index (χ0v) is 21.8. The molecule has 0 radical (unpaired) electrons. The first-order valence-corrected chi connectivity index (χ1v) is 13.7. The molecule has 7 nitrogen and oxygen atoms in total. The number of halogens is 1. The number of para-hydroxylation sites is 1. The summed E-state index contributed by atoms with van der Waals surface area (Å²) in [7, 11) is -3.82. The average Bonchev–Trinajstić information content (AvgIpc) is 2.78. The van der Waals surface area contributed by atoms with Gasteiger partial charge < -0.3 is 10.2 Å². The van der Waals surface area contributed by atoms with Gasteiger partial charge in [0.05, 0.1) is 17.0 Å². The van der Waals surface area contributed by atoms with Crippen molar-refractivity contribution in [2.24, 2.45) is 0 Å². The van der Waals surface area contributed by atoms with E-state index in [4.69, 9.17) is 11.6 Å². The lowest BCUT2D eigenvalue weighted by Crippen LogP contribution is -2.52. The van der Waals surface area contributed by atoms with E-state index in [9.17, 15) is 18.0 Å². The molecule has 0 saturated carbocycles. The van der Waals surface area contributed by atoms with Gasteiger partial charge in [-0.05, 0) is 43.0 Å². The number of aryl methyl sites for hydroxylation is 1. The summed E-state index contributed by atoms with van der Waals surface area (Å²) in [6.45, 7) is 6.05. The highest BCUT2D eigenvalue weighted by Gasteiger charge is 2.32. The van der Waals surface area contributed by atoms with E-state index in [0.29, 0.717) is 13.0 Å². The molecule has 0 aliphatic rings. The molecule has 2 amide bonds. The highest BCUT2D eigenvalue weighted by molar-refractivity contribution is 7.92. The van der Waals surface area contributed by atoms with E-state index >= 15 is 0 Å². The lowest BCUT2D eigenvalue weighted by atomic mass is 10.1. The van der Waals surface area contributed by atoms with Gasteiger partial charge in [-0.25, -0.2) is 8.42 Å². The van der Waals surface area contributed by atoms with Crippen LogP contribution in [0.5, 0.6) is 0 Å². The molecule has 1 N–H and O–H groups in total. The molecule has 0 bridgehead atoms. The highest BCUT2D eigenvalue weighted by atomic mass is 35.5. The number of unbranched alkanes of at least 4 members (excludes halogenated alkanes) is 1. The van der Waals surface area contributed by atoms with E-state index in [1.165, 1.54) is 4.90 Å². The van der Waals surface area contributed by atoms with Crippen molar-refractivity contribution < 1.29 is 18.0 Å². The highest BCUT2D eigenvalue weighted by Crippen LogP contribution is 2.27. The minimum atomic E-state index is -3.82. The maximum atomic E-state index is 13.6. The van der Waals surface area contributed by atoms with Crippen molar-refractivity contribution in [3.8, 4) is 0 Å². The van der Waals surface area contributed by atoms with E-state index < -0.39 is 28.5 Å². The molecule has 186 valence electrons. The average molecular weight is 508 g/mol. The van der Waals surface area contributed by atoms with E-state index in [1.54, 1.807) is 24.3 Å². The Hall–Kier alpha value is -2.58. The molecule has 0 heterocycles. The summed E-state index contributed by atoms with van der Waals surface area (Å²) in [5.41, 5.74) is 2.09. The van der Waals surface area contributed by atoms with Crippen molar-refractivity contribution in [1.29, 1.82) is 0 Å². The zero-order chi connectivity index (χ0) is 25.3. The van der Waals surface area contributed by atoms with Gasteiger partial charge in [0, 0.05) is 13.1 Å². The van der Waals surface area contributed by atoms with E-state index in [0.717, 1.165) is 34.5 Å². The number of anilines is 1. The number of hydrogen-bond donors (Lipinski definition) is 1. The van der Waals surface area contributed by atoms with Crippen LogP contribution in [-0.4, -0.2) is 50.5 Å². The second kappa shape index (κ2) is 12.8. The summed E-state index contributed by atoms with van der Waals surface area (Å²) in [5.74, 6) is -0.729. The monoisotopic (exact) mass is 507 g/mol. The SMILES string of the molecule is CCCCNC(=O)C(CC)N(Cc1ccccc1C)C(=O)CN(c1ccccc1Cl)S(C)(=O)=O. The second-order valence-electron chi connectivity index (χ2n) is 8.24. The Morgan fingerprint density at radius 3 is 2.29 bits per heavy atom. The van der Waals surface area contributed by atoms with Crippen LogP contribution >= 0.6 is 11.6 Å². The molecule has 1 atom stereocenters. The van der Waals surface area contributed by atoms with Crippen LogP contribution in [0.2, 0.25) is 5.02 Å². The van der Waals surface area contributed by atoms with Gasteiger partial charge in [0.25, 0.3) is 0 Å². The van der Waals surface area contributed by atoms with Crippen LogP contribution in [0.15, 0.2) is 48.5 Å². The van der Waals surface area contributed by atoms with Crippen molar-refractivity contribution in [3.63, 3.8) is 0 Å². The van der Waals surface area contributed by atoms with Crippen molar-refractivity contribution in [2.45, 2.75) is 52.6 Å². The minimum absolute atomic E-state index is 0.186. The van der Waals surface area contributed by atoms with Gasteiger partial charge in [0.15, 0.2) is 0 Å². The minimum Gasteiger partial charge on any atom is -0.354 e. The molecule has 2 aromatic rings. The number of benzene rings is 2. The summed E-state index contributed by atoms with van der Waals surface area (Å²) in [5, 5.41) is 3.13. The summed E-state index contributed by atoms with van der Waals surface area (Å²) in [4.78, 5) is 28.1. The first kappa shape index (κ1) is 27.7. The van der Waals surface area contributed by atoms with Crippen LogP contribution < -0.4 is 9.62 Å². The van der Waals surface area contributed by atoms with Gasteiger partial charge in [0.2, 0.25) is 21.8 Å². The number of hydrogen-bond acceptors (Lipinski definition) is 4. The van der Waals surface area contributed by atoms with Crippen LogP contribution in [0, 0.1) is 6.92 Å². The number of carbonyl (C=O) groups is 2. The van der Waals surface area contributed by atoms with Gasteiger partial charge in [0.1, 0.15) is 12.6 Å². The fraction of sp³-hybridized carbons (Fsp3) is 0.440. The molecule has 0 saturated heterocycles. The third-order valence-corrected chi connectivity index (χ3v) is 7.06. The number of nitrogens with zero attached hydrogens (tertiary/aromatic N) is 2. The smallest absolute Gasteiger partial charge is 0.244 e. The maximum absolute atomic E-state index is 13.6. The van der Waals surface area contributed by atoms with Gasteiger partial charge >= 0.3 is 0 Å². The van der Waals surface area contributed by atoms with E-state index in [-0.39, 0.29) is 23.2 Å². The first-order chi connectivity index (χ1) is 16.1. The summed E-state index contributed by atoms with van der Waals surface area (Å²) < 4.78 is 26.2. The van der Waals surface area contributed by atoms with Gasteiger partial charge in [-0.2, -0.15) is 0 Å². The van der Waals surface area contributed by atoms with Crippen LogP contribution in [0.4, 0.5) is 5.69 Å². The number of amides is 2. The first-order valence-electron chi connectivity index (χ1n) is 11.4. The van der Waals surface area contributed by atoms with Crippen LogP contribution in [0.1, 0.15) is 44.2 Å². The summed E-state index contributed by atoms with van der Waals surface area (Å²) in [6, 6.07) is 13.3. The van der Waals surface area contributed by atoms with Crippen LogP contribution in [-0.2, 0) is 26.2 Å². The number of sulfonamides is 1. The second-order valence-corrected chi connectivity index (χ2v) is 10.6. The number of rotatable bonds is 12. The standard InChI is InChI=1S/C25H34ClN3O4S/c1-5-7-16-27-25(31)22(6-2)28(17-20-13-9-8-12-19(20)3)24(30)18-29(34(4,32)33)23-15-11-10-14-21(23)26/h8-15,22H,5-7,16-18H2,1-4H3,(H,27,31). The Kier molecular flexibility index (Phi) is 10.4. The third kappa shape index (κ3) is 7.46. The maximum Gasteiger partial charge on any atom is 0.244 e. The molecule has 0 spiro atoms. The van der Waals surface area contributed by atoms with E-state index in [2.05, 4.69) is 5.32 Å². The normalized spacial score (nSPS) is 12.1. The predicted octanol–water partition coefficient (Wildman–Crippen LogP) is 4.14. The molecule has 2 aromatic carbocycles. The Bertz CT molecular complexity index is 1090. The van der Waals surface area contributed by atoms with Crippen molar-refractivity contribution in [3.05, 3.63) is 64.7 Å². The predicted molar refractivity (Wildman–Crippen MR) is 137 cm³/mol. The molecule has 0 aromatic heterocycles. The number of nitrogens with one attached hydrogen (secondary N) is 1. The third-order valence-electron chi connectivity index (χ3n) is 5.62. The molecular formula is C25H34ClN3O4S. The zero-order valence-electron chi connectivity index (χ0n) is 20.3. The van der Waals surface area contributed by atoms with Gasteiger partial charge in [-0.3, -0.25) is 13.9 Å².